The van der Waals surface area contributed by atoms with Gasteiger partial charge in [0, 0.05) is 11.4 Å². The van der Waals surface area contributed by atoms with E-state index in [0.717, 1.165) is 13.0 Å². The van der Waals surface area contributed by atoms with Crippen LogP contribution in [-0.4, -0.2) is 12.7 Å². The highest BCUT2D eigenvalue weighted by Gasteiger charge is 2.17. The van der Waals surface area contributed by atoms with Crippen LogP contribution in [0.2, 0.25) is 0 Å². The Bertz CT molecular complexity index is 383. The average molecular weight is 311 g/mol. The molecule has 1 saturated heterocycles. The van der Waals surface area contributed by atoms with Crippen molar-refractivity contribution >= 4 is 15.9 Å². The van der Waals surface area contributed by atoms with Crippen molar-refractivity contribution < 1.29 is 4.74 Å². The van der Waals surface area contributed by atoms with Gasteiger partial charge in [0.15, 0.2) is 0 Å². The summed E-state index contributed by atoms with van der Waals surface area (Å²) < 4.78 is 5.79. The van der Waals surface area contributed by atoms with Crippen molar-refractivity contribution in [2.24, 2.45) is 0 Å². The molecule has 0 amide bonds. The van der Waals surface area contributed by atoms with E-state index in [1.54, 1.807) is 0 Å². The maximum atomic E-state index is 5.79. The highest BCUT2D eigenvalue weighted by Crippen LogP contribution is 2.32. The van der Waals surface area contributed by atoms with Gasteiger partial charge >= 0.3 is 0 Å². The third-order valence-corrected chi connectivity index (χ3v) is 4.73. The summed E-state index contributed by atoms with van der Waals surface area (Å²) in [6.45, 7) is 5.31. The number of alkyl halides is 1. The molecule has 100 valence electrons. The Morgan fingerprint density at radius 2 is 2.17 bits per heavy atom. The number of benzene rings is 1. The second-order valence-electron chi connectivity index (χ2n) is 5.39. The number of halogens is 1. The van der Waals surface area contributed by atoms with E-state index in [2.05, 4.69) is 48.0 Å². The maximum Gasteiger partial charge on any atom is 0.0575 e. The van der Waals surface area contributed by atoms with Crippen LogP contribution in [0.15, 0.2) is 18.2 Å². The number of rotatable bonds is 4. The predicted molar refractivity (Wildman–Crippen MR) is 80.4 cm³/mol. The fourth-order valence-electron chi connectivity index (χ4n) is 2.70. The Morgan fingerprint density at radius 1 is 1.33 bits per heavy atom. The Hall–Kier alpha value is -0.340. The predicted octanol–water partition coefficient (Wildman–Crippen LogP) is 5.09. The molecule has 0 aliphatic carbocycles. The monoisotopic (exact) mass is 310 g/mol. The molecule has 18 heavy (non-hydrogen) atoms. The minimum atomic E-state index is 0.462. The lowest BCUT2D eigenvalue weighted by molar-refractivity contribution is 0.0101. The lowest BCUT2D eigenvalue weighted by atomic mass is 9.98. The highest BCUT2D eigenvalue weighted by atomic mass is 79.9. The summed E-state index contributed by atoms with van der Waals surface area (Å²) >= 11 is 3.83. The molecule has 0 saturated carbocycles. The summed E-state index contributed by atoms with van der Waals surface area (Å²) in [6, 6.07) is 6.72. The van der Waals surface area contributed by atoms with Crippen LogP contribution < -0.4 is 0 Å². The molecule has 0 N–H and O–H groups in total. The lowest BCUT2D eigenvalue weighted by Crippen LogP contribution is -2.19. The molecule has 0 bridgehead atoms. The van der Waals surface area contributed by atoms with Gasteiger partial charge in [0.25, 0.3) is 0 Å². The van der Waals surface area contributed by atoms with Gasteiger partial charge in [-0.1, -0.05) is 39.7 Å². The molecule has 1 aliphatic rings. The van der Waals surface area contributed by atoms with Crippen molar-refractivity contribution in [2.45, 2.75) is 56.9 Å². The smallest absolute Gasteiger partial charge is 0.0575 e. The molecule has 2 heteroatoms. The molecular weight excluding hydrogens is 288 g/mol. The molecule has 2 atom stereocenters. The van der Waals surface area contributed by atoms with Crippen molar-refractivity contribution in [1.29, 1.82) is 0 Å². The summed E-state index contributed by atoms with van der Waals surface area (Å²) in [5, 5.41) is 0. The Balaban J connectivity index is 1.88. The van der Waals surface area contributed by atoms with Crippen LogP contribution in [0, 0.1) is 13.8 Å². The van der Waals surface area contributed by atoms with E-state index in [9.17, 15) is 0 Å². The first-order chi connectivity index (χ1) is 8.66. The van der Waals surface area contributed by atoms with Crippen LogP contribution >= 0.6 is 15.9 Å². The normalized spacial score (nSPS) is 21.8. The van der Waals surface area contributed by atoms with Crippen LogP contribution in [0.4, 0.5) is 0 Å². The van der Waals surface area contributed by atoms with E-state index in [-0.39, 0.29) is 0 Å². The Kier molecular flexibility index (Phi) is 5.25. The number of ether oxygens (including phenoxy) is 1. The minimum Gasteiger partial charge on any atom is -0.378 e. The van der Waals surface area contributed by atoms with Gasteiger partial charge in [-0.05, 0) is 57.1 Å². The van der Waals surface area contributed by atoms with Gasteiger partial charge in [-0.15, -0.1) is 0 Å². The third-order valence-electron chi connectivity index (χ3n) is 3.78. The summed E-state index contributed by atoms with van der Waals surface area (Å²) in [7, 11) is 0. The molecule has 1 heterocycles. The summed E-state index contributed by atoms with van der Waals surface area (Å²) in [6.07, 6.45) is 6.64. The van der Waals surface area contributed by atoms with Crippen LogP contribution in [0.5, 0.6) is 0 Å². The van der Waals surface area contributed by atoms with E-state index in [4.69, 9.17) is 4.74 Å². The maximum absolute atomic E-state index is 5.79. The van der Waals surface area contributed by atoms with Gasteiger partial charge < -0.3 is 4.74 Å². The first kappa shape index (κ1) is 14.1. The highest BCUT2D eigenvalue weighted by molar-refractivity contribution is 9.09. The van der Waals surface area contributed by atoms with Gasteiger partial charge in [0.05, 0.1) is 6.10 Å². The molecule has 2 unspecified atom stereocenters. The largest absolute Gasteiger partial charge is 0.378 e. The van der Waals surface area contributed by atoms with Crippen molar-refractivity contribution in [3.63, 3.8) is 0 Å². The van der Waals surface area contributed by atoms with Crippen LogP contribution in [0.1, 0.15) is 53.6 Å². The first-order valence-electron chi connectivity index (χ1n) is 6.99. The van der Waals surface area contributed by atoms with Crippen LogP contribution in [-0.2, 0) is 4.74 Å². The SMILES string of the molecule is Cc1ccc(C(Br)CCC2CCCCO2)c(C)c1. The van der Waals surface area contributed by atoms with Crippen LogP contribution in [0.25, 0.3) is 0 Å². The Labute approximate surface area is 119 Å². The van der Waals surface area contributed by atoms with Gasteiger partial charge in [-0.3, -0.25) is 0 Å². The minimum absolute atomic E-state index is 0.462. The van der Waals surface area contributed by atoms with E-state index in [0.29, 0.717) is 10.9 Å². The zero-order valence-corrected chi connectivity index (χ0v) is 13.0. The Morgan fingerprint density at radius 3 is 2.83 bits per heavy atom. The fourth-order valence-corrected chi connectivity index (χ4v) is 3.48. The second-order valence-corrected chi connectivity index (χ2v) is 6.50. The van der Waals surface area contributed by atoms with Crippen molar-refractivity contribution in [3.05, 3.63) is 34.9 Å². The fraction of sp³-hybridized carbons (Fsp3) is 0.625. The van der Waals surface area contributed by atoms with Crippen molar-refractivity contribution in [3.8, 4) is 0 Å². The van der Waals surface area contributed by atoms with Crippen molar-refractivity contribution in [2.75, 3.05) is 6.61 Å². The topological polar surface area (TPSA) is 9.23 Å². The van der Waals surface area contributed by atoms with E-state index < -0.39 is 0 Å². The number of hydrogen-bond donors (Lipinski definition) is 0. The third kappa shape index (κ3) is 3.83. The molecule has 1 aliphatic heterocycles. The van der Waals surface area contributed by atoms with Gasteiger partial charge in [-0.25, -0.2) is 0 Å². The zero-order valence-electron chi connectivity index (χ0n) is 11.4. The summed E-state index contributed by atoms with van der Waals surface area (Å²) in [5.41, 5.74) is 4.16. The number of hydrogen-bond acceptors (Lipinski definition) is 1. The standard InChI is InChI=1S/C16H23BrO/c1-12-6-8-15(13(2)11-12)16(17)9-7-14-5-3-4-10-18-14/h6,8,11,14,16H,3-5,7,9-10H2,1-2H3. The quantitative estimate of drug-likeness (QED) is 0.704. The second kappa shape index (κ2) is 6.72. The lowest BCUT2D eigenvalue weighted by Gasteiger charge is -2.24. The first-order valence-corrected chi connectivity index (χ1v) is 7.91. The molecular formula is C16H23BrO. The molecule has 1 nitrogen and oxygen atoms in total. The van der Waals surface area contributed by atoms with Crippen LogP contribution in [0.3, 0.4) is 0 Å². The van der Waals surface area contributed by atoms with E-state index in [1.807, 2.05) is 0 Å². The average Bonchev–Trinajstić information content (AvgIpc) is 2.37. The van der Waals surface area contributed by atoms with Crippen molar-refractivity contribution in [1.82, 2.24) is 0 Å². The molecule has 1 aromatic carbocycles. The van der Waals surface area contributed by atoms with Gasteiger partial charge in [0.2, 0.25) is 0 Å². The molecule has 0 radical (unpaired) electrons. The molecule has 1 aromatic rings. The molecule has 0 spiro atoms. The zero-order chi connectivity index (χ0) is 13.0. The van der Waals surface area contributed by atoms with Gasteiger partial charge in [0.1, 0.15) is 0 Å². The molecule has 0 aromatic heterocycles. The van der Waals surface area contributed by atoms with E-state index in [1.165, 1.54) is 42.4 Å². The summed E-state index contributed by atoms with van der Waals surface area (Å²) in [4.78, 5) is 0.462. The molecule has 2 rings (SSSR count). The van der Waals surface area contributed by atoms with E-state index >= 15 is 0 Å². The summed E-state index contributed by atoms with van der Waals surface area (Å²) in [5.74, 6) is 0. The number of aryl methyl sites for hydroxylation is 2. The van der Waals surface area contributed by atoms with Gasteiger partial charge in [-0.2, -0.15) is 0 Å². The molecule has 1 fully saturated rings.